The summed E-state index contributed by atoms with van der Waals surface area (Å²) in [5.41, 5.74) is 1.88. The molecule has 0 bridgehead atoms. The Hall–Kier alpha value is -3.48. The Kier molecular flexibility index (Phi) is 9.65. The zero-order chi connectivity index (χ0) is 25.0. The van der Waals surface area contributed by atoms with Crippen LogP contribution in [0.2, 0.25) is 0 Å². The quantitative estimate of drug-likeness (QED) is 0.183. The highest BCUT2D eigenvalue weighted by Gasteiger charge is 2.23. The van der Waals surface area contributed by atoms with Crippen LogP contribution in [0, 0.1) is 0 Å². The van der Waals surface area contributed by atoms with E-state index < -0.39 is 0 Å². The predicted molar refractivity (Wildman–Crippen MR) is 149 cm³/mol. The van der Waals surface area contributed by atoms with Crippen molar-refractivity contribution in [3.63, 3.8) is 0 Å². The molecule has 0 fully saturated rings. The topological polar surface area (TPSA) is 58.2 Å². The second-order valence-electron chi connectivity index (χ2n) is 8.03. The first-order chi connectivity index (χ1) is 17.7. The molecule has 0 unspecified atom stereocenters. The van der Waals surface area contributed by atoms with Crippen molar-refractivity contribution in [2.75, 3.05) is 13.1 Å². The first kappa shape index (κ1) is 25.6. The Bertz CT molecular complexity index is 1120. The summed E-state index contributed by atoms with van der Waals surface area (Å²) in [6.45, 7) is 0.696. The highest BCUT2D eigenvalue weighted by Crippen LogP contribution is 2.36. The Balaban J connectivity index is 1.36. The smallest absolute Gasteiger partial charge is 0.238 e. The molecule has 0 saturated carbocycles. The summed E-state index contributed by atoms with van der Waals surface area (Å²) in [5.74, 6) is -0.162. The van der Waals surface area contributed by atoms with Crippen LogP contribution in [0.4, 0.5) is 0 Å². The third-order valence-electron chi connectivity index (χ3n) is 5.40. The van der Waals surface area contributed by atoms with Crippen molar-refractivity contribution in [1.82, 2.24) is 10.6 Å². The standard InChI is InChI=1S/C30H28N2O2S2/c33-29(27(23-13-5-1-6-14-23)35-25-17-9-3-10-18-25)31-21-22-32-30(34)28(24-15-7-2-8-16-24)36-26-19-11-4-12-20-26/h1-20,27-28H,21-22H2,(H,31,33)(H,32,34)/t27-,28+. The van der Waals surface area contributed by atoms with E-state index in [0.717, 1.165) is 20.9 Å². The number of nitrogens with one attached hydrogen (secondary N) is 2. The van der Waals surface area contributed by atoms with Gasteiger partial charge < -0.3 is 10.6 Å². The van der Waals surface area contributed by atoms with Crippen LogP contribution in [-0.4, -0.2) is 24.9 Å². The largest absolute Gasteiger partial charge is 0.353 e. The number of carbonyl (C=O) groups is 2. The van der Waals surface area contributed by atoms with E-state index in [-0.39, 0.29) is 22.3 Å². The van der Waals surface area contributed by atoms with Gasteiger partial charge in [-0.1, -0.05) is 97.1 Å². The Morgan fingerprint density at radius 2 is 0.806 bits per heavy atom. The minimum Gasteiger partial charge on any atom is -0.353 e. The fraction of sp³-hybridized carbons (Fsp3) is 0.133. The van der Waals surface area contributed by atoms with Crippen molar-refractivity contribution in [3.05, 3.63) is 132 Å². The minimum absolute atomic E-state index is 0.0810. The van der Waals surface area contributed by atoms with E-state index in [0.29, 0.717) is 13.1 Å². The number of amides is 2. The van der Waals surface area contributed by atoms with Crippen LogP contribution in [0.5, 0.6) is 0 Å². The van der Waals surface area contributed by atoms with E-state index >= 15 is 0 Å². The van der Waals surface area contributed by atoms with Gasteiger partial charge in [-0.25, -0.2) is 0 Å². The van der Waals surface area contributed by atoms with Gasteiger partial charge in [-0.3, -0.25) is 9.59 Å². The maximum absolute atomic E-state index is 13.1. The molecule has 2 atom stereocenters. The third kappa shape index (κ3) is 7.51. The summed E-state index contributed by atoms with van der Waals surface area (Å²) < 4.78 is 0. The molecule has 4 nitrogen and oxygen atoms in total. The van der Waals surface area contributed by atoms with Crippen molar-refractivity contribution < 1.29 is 9.59 Å². The third-order valence-corrected chi connectivity index (χ3v) is 7.93. The van der Waals surface area contributed by atoms with Crippen molar-refractivity contribution in [2.45, 2.75) is 20.3 Å². The summed E-state index contributed by atoms with van der Waals surface area (Å²) in [5, 5.41) is 5.25. The molecule has 0 spiro atoms. The van der Waals surface area contributed by atoms with E-state index in [4.69, 9.17) is 0 Å². The predicted octanol–water partition coefficient (Wildman–Crippen LogP) is 6.29. The lowest BCUT2D eigenvalue weighted by molar-refractivity contribution is -0.122. The molecule has 4 rings (SSSR count). The molecule has 0 aliphatic carbocycles. The normalized spacial score (nSPS) is 12.3. The fourth-order valence-electron chi connectivity index (χ4n) is 3.63. The maximum Gasteiger partial charge on any atom is 0.238 e. The molecule has 0 aromatic heterocycles. The van der Waals surface area contributed by atoms with Gasteiger partial charge in [0.25, 0.3) is 0 Å². The molecule has 6 heteroatoms. The molecule has 4 aromatic rings. The van der Waals surface area contributed by atoms with Crippen molar-refractivity contribution in [2.24, 2.45) is 0 Å². The lowest BCUT2D eigenvalue weighted by atomic mass is 10.1. The van der Waals surface area contributed by atoms with Crippen LogP contribution in [-0.2, 0) is 9.59 Å². The minimum atomic E-state index is -0.380. The molecule has 4 aromatic carbocycles. The van der Waals surface area contributed by atoms with Gasteiger partial charge in [0.1, 0.15) is 10.5 Å². The fourth-order valence-corrected chi connectivity index (χ4v) is 5.77. The van der Waals surface area contributed by atoms with Crippen LogP contribution in [0.3, 0.4) is 0 Å². The van der Waals surface area contributed by atoms with Crippen LogP contribution >= 0.6 is 23.5 Å². The van der Waals surface area contributed by atoms with Crippen molar-refractivity contribution in [1.29, 1.82) is 0 Å². The number of carbonyl (C=O) groups excluding carboxylic acids is 2. The van der Waals surface area contributed by atoms with Gasteiger partial charge in [0.05, 0.1) is 0 Å². The maximum atomic E-state index is 13.1. The van der Waals surface area contributed by atoms with Gasteiger partial charge in [-0.05, 0) is 35.4 Å². The van der Waals surface area contributed by atoms with E-state index in [9.17, 15) is 9.59 Å². The van der Waals surface area contributed by atoms with Gasteiger partial charge in [0, 0.05) is 22.9 Å². The molecule has 2 amide bonds. The molecule has 0 aliphatic rings. The highest BCUT2D eigenvalue weighted by molar-refractivity contribution is 8.00. The summed E-state index contributed by atoms with van der Waals surface area (Å²) >= 11 is 3.03. The number of hydrogen-bond acceptors (Lipinski definition) is 4. The summed E-state index contributed by atoms with van der Waals surface area (Å²) in [6, 6.07) is 39.3. The van der Waals surface area contributed by atoms with Gasteiger partial charge in [0.2, 0.25) is 11.8 Å². The van der Waals surface area contributed by atoms with Crippen LogP contribution in [0.1, 0.15) is 21.6 Å². The molecule has 182 valence electrons. The average molecular weight is 513 g/mol. The zero-order valence-electron chi connectivity index (χ0n) is 19.7. The van der Waals surface area contributed by atoms with Gasteiger partial charge in [0.15, 0.2) is 0 Å². The first-order valence-corrected chi connectivity index (χ1v) is 13.6. The van der Waals surface area contributed by atoms with Gasteiger partial charge >= 0.3 is 0 Å². The molecule has 0 heterocycles. The molecule has 0 saturated heterocycles. The summed E-state index contributed by atoms with van der Waals surface area (Å²) in [7, 11) is 0. The lowest BCUT2D eigenvalue weighted by Gasteiger charge is -2.19. The van der Waals surface area contributed by atoms with Crippen LogP contribution in [0.25, 0.3) is 0 Å². The van der Waals surface area contributed by atoms with Crippen LogP contribution < -0.4 is 10.6 Å². The Labute approximate surface area is 220 Å². The lowest BCUT2D eigenvalue weighted by Crippen LogP contribution is -2.37. The van der Waals surface area contributed by atoms with Crippen LogP contribution in [0.15, 0.2) is 131 Å². The zero-order valence-corrected chi connectivity index (χ0v) is 21.4. The van der Waals surface area contributed by atoms with Crippen molar-refractivity contribution >= 4 is 35.3 Å². The van der Waals surface area contributed by atoms with E-state index in [1.54, 1.807) is 0 Å². The molecule has 0 radical (unpaired) electrons. The number of thioether (sulfide) groups is 2. The van der Waals surface area contributed by atoms with E-state index in [1.165, 1.54) is 23.5 Å². The van der Waals surface area contributed by atoms with Gasteiger partial charge in [-0.15, -0.1) is 23.5 Å². The molecular weight excluding hydrogens is 484 g/mol. The van der Waals surface area contributed by atoms with Crippen molar-refractivity contribution in [3.8, 4) is 0 Å². The van der Waals surface area contributed by atoms with Gasteiger partial charge in [-0.2, -0.15) is 0 Å². The number of hydrogen-bond donors (Lipinski definition) is 2. The summed E-state index contributed by atoms with van der Waals surface area (Å²) in [6.07, 6.45) is 0. The SMILES string of the molecule is O=C(NCCNC(=O)[C@H](Sc1ccccc1)c1ccccc1)[C@@H](Sc1ccccc1)c1ccccc1. The number of rotatable bonds is 11. The van der Waals surface area contributed by atoms with E-state index in [2.05, 4.69) is 10.6 Å². The molecule has 2 N–H and O–H groups in total. The molecular formula is C30H28N2O2S2. The van der Waals surface area contributed by atoms with E-state index in [1.807, 2.05) is 121 Å². The highest BCUT2D eigenvalue weighted by atomic mass is 32.2. The monoisotopic (exact) mass is 512 g/mol. The molecule has 36 heavy (non-hydrogen) atoms. The average Bonchev–Trinajstić information content (AvgIpc) is 2.94. The summed E-state index contributed by atoms with van der Waals surface area (Å²) in [4.78, 5) is 28.3. The molecule has 0 aliphatic heterocycles. The first-order valence-electron chi connectivity index (χ1n) is 11.8. The Morgan fingerprint density at radius 3 is 1.14 bits per heavy atom. The second kappa shape index (κ2) is 13.6. The second-order valence-corrected chi connectivity index (χ2v) is 10.4. The number of benzene rings is 4. The Morgan fingerprint density at radius 1 is 0.500 bits per heavy atom.